The normalized spacial score (nSPS) is 10.9. The number of hydrogen-bond donors (Lipinski definition) is 1. The van der Waals surface area contributed by atoms with Gasteiger partial charge in [-0.25, -0.2) is 0 Å². The molecule has 3 heteroatoms. The predicted molar refractivity (Wildman–Crippen MR) is 83.8 cm³/mol. The maximum absolute atomic E-state index is 5.72. The van der Waals surface area contributed by atoms with Gasteiger partial charge in [0.1, 0.15) is 0 Å². The number of rotatable bonds is 6. The summed E-state index contributed by atoms with van der Waals surface area (Å²) in [4.78, 5) is 2.37. The molecule has 0 aromatic heterocycles. The van der Waals surface area contributed by atoms with Gasteiger partial charge in [-0.3, -0.25) is 4.90 Å². The zero-order chi connectivity index (χ0) is 13.5. The number of hydrogen-bond acceptors (Lipinski definition) is 2. The Kier molecular flexibility index (Phi) is 5.58. The van der Waals surface area contributed by atoms with Gasteiger partial charge >= 0.3 is 0 Å². The maximum atomic E-state index is 5.72. The predicted octanol–water partition coefficient (Wildman–Crippen LogP) is 3.41. The van der Waals surface area contributed by atoms with Crippen LogP contribution in [0.2, 0.25) is 0 Å². The lowest BCUT2D eigenvalue weighted by molar-refractivity contribution is 0.264. The third-order valence-corrected chi connectivity index (χ3v) is 3.82. The summed E-state index contributed by atoms with van der Waals surface area (Å²) in [6.07, 6.45) is 0. The van der Waals surface area contributed by atoms with Gasteiger partial charge in [-0.05, 0) is 17.2 Å². The summed E-state index contributed by atoms with van der Waals surface area (Å²) < 4.78 is 1.16. The number of nitrogens with zero attached hydrogens (tertiary/aromatic N) is 1. The fourth-order valence-electron chi connectivity index (χ4n) is 2.11. The van der Waals surface area contributed by atoms with Crippen LogP contribution in [0.25, 0.3) is 0 Å². The van der Waals surface area contributed by atoms with Crippen LogP contribution >= 0.6 is 15.9 Å². The molecule has 2 rings (SSSR count). The van der Waals surface area contributed by atoms with E-state index in [4.69, 9.17) is 5.73 Å². The molecule has 2 aromatic rings. The van der Waals surface area contributed by atoms with Crippen molar-refractivity contribution in [3.05, 3.63) is 70.2 Å². The zero-order valence-corrected chi connectivity index (χ0v) is 12.5. The van der Waals surface area contributed by atoms with Crippen molar-refractivity contribution >= 4 is 15.9 Å². The zero-order valence-electron chi connectivity index (χ0n) is 10.9. The molecule has 0 aliphatic rings. The second-order valence-electron chi connectivity index (χ2n) is 4.58. The van der Waals surface area contributed by atoms with Crippen LogP contribution in [0.5, 0.6) is 0 Å². The van der Waals surface area contributed by atoms with Crippen molar-refractivity contribution in [2.45, 2.75) is 13.1 Å². The summed E-state index contributed by atoms with van der Waals surface area (Å²) in [6, 6.07) is 18.9. The molecular formula is C16H19BrN2. The molecule has 2 nitrogen and oxygen atoms in total. The Balaban J connectivity index is 2.06. The smallest absolute Gasteiger partial charge is 0.0249 e. The van der Waals surface area contributed by atoms with Gasteiger partial charge in [-0.2, -0.15) is 0 Å². The van der Waals surface area contributed by atoms with Crippen LogP contribution in [0.15, 0.2) is 59.1 Å². The number of halogens is 1. The van der Waals surface area contributed by atoms with E-state index in [1.807, 2.05) is 12.1 Å². The van der Waals surface area contributed by atoms with Gasteiger partial charge in [-0.1, -0.05) is 64.5 Å². The van der Waals surface area contributed by atoms with Crippen LogP contribution in [-0.2, 0) is 13.1 Å². The molecule has 0 heterocycles. The summed E-state index contributed by atoms with van der Waals surface area (Å²) in [7, 11) is 0. The molecule has 0 amide bonds. The van der Waals surface area contributed by atoms with Gasteiger partial charge in [0.25, 0.3) is 0 Å². The van der Waals surface area contributed by atoms with Crippen LogP contribution < -0.4 is 5.73 Å². The first-order valence-electron chi connectivity index (χ1n) is 6.49. The van der Waals surface area contributed by atoms with E-state index in [0.29, 0.717) is 6.54 Å². The minimum atomic E-state index is 0.678. The molecule has 0 spiro atoms. The minimum absolute atomic E-state index is 0.678. The van der Waals surface area contributed by atoms with E-state index in [-0.39, 0.29) is 0 Å². The van der Waals surface area contributed by atoms with E-state index >= 15 is 0 Å². The Morgan fingerprint density at radius 2 is 1.58 bits per heavy atom. The van der Waals surface area contributed by atoms with Crippen molar-refractivity contribution in [1.82, 2.24) is 4.90 Å². The van der Waals surface area contributed by atoms with Gasteiger partial charge in [0.05, 0.1) is 0 Å². The SMILES string of the molecule is NCCN(Cc1ccccc1)Cc1ccccc1Br. The molecule has 2 N–H and O–H groups in total. The first-order valence-corrected chi connectivity index (χ1v) is 7.28. The molecule has 0 saturated carbocycles. The third-order valence-electron chi connectivity index (χ3n) is 3.05. The largest absolute Gasteiger partial charge is 0.329 e. The number of benzene rings is 2. The molecule has 100 valence electrons. The highest BCUT2D eigenvalue weighted by molar-refractivity contribution is 9.10. The molecule has 0 radical (unpaired) electrons. The third kappa shape index (κ3) is 4.46. The number of nitrogens with two attached hydrogens (primary N) is 1. The summed E-state index contributed by atoms with van der Waals surface area (Å²) in [5, 5.41) is 0. The Morgan fingerprint density at radius 3 is 2.26 bits per heavy atom. The Bertz CT molecular complexity index is 499. The van der Waals surface area contributed by atoms with Crippen LogP contribution in [0.4, 0.5) is 0 Å². The summed E-state index contributed by atoms with van der Waals surface area (Å²) in [5.41, 5.74) is 8.34. The lowest BCUT2D eigenvalue weighted by atomic mass is 10.1. The topological polar surface area (TPSA) is 29.3 Å². The molecule has 0 fully saturated rings. The van der Waals surface area contributed by atoms with Crippen molar-refractivity contribution < 1.29 is 0 Å². The van der Waals surface area contributed by atoms with Gasteiger partial charge in [0.2, 0.25) is 0 Å². The van der Waals surface area contributed by atoms with E-state index in [9.17, 15) is 0 Å². The van der Waals surface area contributed by atoms with Crippen molar-refractivity contribution in [3.8, 4) is 0 Å². The van der Waals surface area contributed by atoms with E-state index < -0.39 is 0 Å². The van der Waals surface area contributed by atoms with Crippen LogP contribution in [0.3, 0.4) is 0 Å². The van der Waals surface area contributed by atoms with Gasteiger partial charge < -0.3 is 5.73 Å². The average molecular weight is 319 g/mol. The highest BCUT2D eigenvalue weighted by atomic mass is 79.9. The highest BCUT2D eigenvalue weighted by Crippen LogP contribution is 2.18. The second-order valence-corrected chi connectivity index (χ2v) is 5.43. The first-order chi connectivity index (χ1) is 9.29. The molecular weight excluding hydrogens is 300 g/mol. The van der Waals surface area contributed by atoms with E-state index in [2.05, 4.69) is 63.3 Å². The first kappa shape index (κ1) is 14.3. The lowest BCUT2D eigenvalue weighted by Crippen LogP contribution is -2.28. The standard InChI is InChI=1S/C16H19BrN2/c17-16-9-5-4-8-15(16)13-19(11-10-18)12-14-6-2-1-3-7-14/h1-9H,10-13,18H2. The van der Waals surface area contributed by atoms with Gasteiger partial charge in [0, 0.05) is 30.7 Å². The fraction of sp³-hybridized carbons (Fsp3) is 0.250. The highest BCUT2D eigenvalue weighted by Gasteiger charge is 2.08. The lowest BCUT2D eigenvalue weighted by Gasteiger charge is -2.22. The molecule has 19 heavy (non-hydrogen) atoms. The van der Waals surface area contributed by atoms with Crippen molar-refractivity contribution in [1.29, 1.82) is 0 Å². The van der Waals surface area contributed by atoms with Crippen LogP contribution in [-0.4, -0.2) is 18.0 Å². The Labute approximate surface area is 123 Å². The Morgan fingerprint density at radius 1 is 0.895 bits per heavy atom. The molecule has 0 unspecified atom stereocenters. The molecule has 0 bridgehead atoms. The van der Waals surface area contributed by atoms with Gasteiger partial charge in [0.15, 0.2) is 0 Å². The molecule has 0 aliphatic heterocycles. The van der Waals surface area contributed by atoms with Crippen LogP contribution in [0, 0.1) is 0 Å². The van der Waals surface area contributed by atoms with Crippen LogP contribution in [0.1, 0.15) is 11.1 Å². The second kappa shape index (κ2) is 7.43. The van der Waals surface area contributed by atoms with Crippen molar-refractivity contribution in [2.24, 2.45) is 5.73 Å². The van der Waals surface area contributed by atoms with Gasteiger partial charge in [-0.15, -0.1) is 0 Å². The summed E-state index contributed by atoms with van der Waals surface area (Å²) in [6.45, 7) is 3.42. The molecule has 0 atom stereocenters. The molecule has 0 saturated heterocycles. The Hall–Kier alpha value is -1.16. The van der Waals surface area contributed by atoms with Crippen molar-refractivity contribution in [3.63, 3.8) is 0 Å². The van der Waals surface area contributed by atoms with E-state index in [0.717, 1.165) is 24.1 Å². The monoisotopic (exact) mass is 318 g/mol. The molecule has 0 aliphatic carbocycles. The fourth-order valence-corrected chi connectivity index (χ4v) is 2.52. The summed E-state index contributed by atoms with van der Waals surface area (Å²) in [5.74, 6) is 0. The van der Waals surface area contributed by atoms with Crippen molar-refractivity contribution in [2.75, 3.05) is 13.1 Å². The average Bonchev–Trinajstić information content (AvgIpc) is 2.43. The molecule has 2 aromatic carbocycles. The quantitative estimate of drug-likeness (QED) is 0.884. The van der Waals surface area contributed by atoms with E-state index in [1.54, 1.807) is 0 Å². The van der Waals surface area contributed by atoms with E-state index in [1.165, 1.54) is 11.1 Å². The maximum Gasteiger partial charge on any atom is 0.0249 e. The summed E-state index contributed by atoms with van der Waals surface area (Å²) >= 11 is 3.60. The minimum Gasteiger partial charge on any atom is -0.329 e.